The molecule has 0 saturated heterocycles. The molecule has 1 aromatic carbocycles. The average molecular weight is 284 g/mol. The van der Waals surface area contributed by atoms with Crippen molar-refractivity contribution >= 4 is 22.9 Å². The van der Waals surface area contributed by atoms with E-state index in [-0.39, 0.29) is 5.82 Å². The second kappa shape index (κ2) is 6.32. The highest BCUT2D eigenvalue weighted by molar-refractivity contribution is 7.09. The van der Waals surface area contributed by atoms with E-state index in [1.807, 2.05) is 6.07 Å². The highest BCUT2D eigenvalue weighted by Crippen LogP contribution is 2.15. The van der Waals surface area contributed by atoms with Crippen molar-refractivity contribution in [3.05, 3.63) is 57.0 Å². The van der Waals surface area contributed by atoms with Gasteiger partial charge in [-0.2, -0.15) is 0 Å². The topological polar surface area (TPSA) is 12.0 Å². The van der Waals surface area contributed by atoms with Crippen molar-refractivity contribution in [3.8, 4) is 0 Å². The van der Waals surface area contributed by atoms with Gasteiger partial charge in [-0.05, 0) is 36.9 Å². The Labute approximate surface area is 116 Å². The van der Waals surface area contributed by atoms with Crippen molar-refractivity contribution < 1.29 is 4.39 Å². The molecular formula is C14H15ClFNS. The summed E-state index contributed by atoms with van der Waals surface area (Å²) in [5.41, 5.74) is 0.650. The van der Waals surface area contributed by atoms with Crippen molar-refractivity contribution in [1.82, 2.24) is 5.32 Å². The standard InChI is InChI=1S/C14H15ClFNS/c1-10(7-13-3-2-6-18-13)17-9-11-4-5-12(15)8-14(11)16/h2-6,8,10,17H,7,9H2,1H3. The minimum absolute atomic E-state index is 0.252. The van der Waals surface area contributed by atoms with Gasteiger partial charge in [0.15, 0.2) is 0 Å². The Balaban J connectivity index is 1.87. The van der Waals surface area contributed by atoms with Crippen LogP contribution in [-0.4, -0.2) is 6.04 Å². The Morgan fingerprint density at radius 2 is 2.22 bits per heavy atom. The number of hydrogen-bond donors (Lipinski definition) is 1. The zero-order chi connectivity index (χ0) is 13.0. The molecule has 0 fully saturated rings. The highest BCUT2D eigenvalue weighted by Gasteiger charge is 2.07. The van der Waals surface area contributed by atoms with E-state index < -0.39 is 0 Å². The van der Waals surface area contributed by atoms with Crippen LogP contribution in [0.25, 0.3) is 0 Å². The van der Waals surface area contributed by atoms with Crippen LogP contribution in [0.5, 0.6) is 0 Å². The molecule has 0 aliphatic carbocycles. The normalized spacial score (nSPS) is 12.6. The molecule has 1 N–H and O–H groups in total. The molecule has 0 amide bonds. The van der Waals surface area contributed by atoms with Gasteiger partial charge in [0, 0.05) is 28.0 Å². The second-order valence-corrected chi connectivity index (χ2v) is 5.77. The van der Waals surface area contributed by atoms with Crippen molar-refractivity contribution in [2.75, 3.05) is 0 Å². The van der Waals surface area contributed by atoms with Crippen LogP contribution in [0, 0.1) is 5.82 Å². The minimum atomic E-state index is -0.252. The molecule has 18 heavy (non-hydrogen) atoms. The molecule has 1 nitrogen and oxygen atoms in total. The van der Waals surface area contributed by atoms with Gasteiger partial charge in [0.05, 0.1) is 0 Å². The first-order chi connectivity index (χ1) is 8.65. The van der Waals surface area contributed by atoms with Gasteiger partial charge in [-0.3, -0.25) is 0 Å². The van der Waals surface area contributed by atoms with Crippen LogP contribution in [0.1, 0.15) is 17.4 Å². The lowest BCUT2D eigenvalue weighted by atomic mass is 10.1. The van der Waals surface area contributed by atoms with Gasteiger partial charge in [-0.15, -0.1) is 11.3 Å². The van der Waals surface area contributed by atoms with E-state index in [9.17, 15) is 4.39 Å². The zero-order valence-electron chi connectivity index (χ0n) is 10.1. The summed E-state index contributed by atoms with van der Waals surface area (Å²) in [6.07, 6.45) is 0.965. The maximum Gasteiger partial charge on any atom is 0.129 e. The van der Waals surface area contributed by atoms with Crippen molar-refractivity contribution in [2.45, 2.75) is 25.9 Å². The molecule has 0 aliphatic rings. The molecule has 4 heteroatoms. The number of hydrogen-bond acceptors (Lipinski definition) is 2. The first-order valence-electron chi connectivity index (χ1n) is 5.85. The third-order valence-electron chi connectivity index (χ3n) is 2.74. The number of thiophene rings is 1. The molecule has 1 unspecified atom stereocenters. The summed E-state index contributed by atoms with van der Waals surface area (Å²) in [7, 11) is 0. The van der Waals surface area contributed by atoms with E-state index in [1.54, 1.807) is 23.5 Å². The van der Waals surface area contributed by atoms with E-state index in [4.69, 9.17) is 11.6 Å². The molecule has 2 aromatic rings. The van der Waals surface area contributed by atoms with Gasteiger partial charge in [-0.1, -0.05) is 23.7 Å². The fraction of sp³-hybridized carbons (Fsp3) is 0.286. The fourth-order valence-electron chi connectivity index (χ4n) is 1.75. The zero-order valence-corrected chi connectivity index (χ0v) is 11.7. The Kier molecular flexibility index (Phi) is 4.75. The van der Waals surface area contributed by atoms with Gasteiger partial charge in [0.1, 0.15) is 5.82 Å². The highest BCUT2D eigenvalue weighted by atomic mass is 35.5. The molecule has 0 spiro atoms. The molecule has 0 radical (unpaired) electrons. The first-order valence-corrected chi connectivity index (χ1v) is 7.10. The summed E-state index contributed by atoms with van der Waals surface area (Å²) in [5, 5.41) is 5.82. The maximum absolute atomic E-state index is 13.6. The third-order valence-corrected chi connectivity index (χ3v) is 3.88. The van der Waals surface area contributed by atoms with Gasteiger partial charge in [0.2, 0.25) is 0 Å². The predicted molar refractivity (Wildman–Crippen MR) is 75.7 cm³/mol. The summed E-state index contributed by atoms with van der Waals surface area (Å²) < 4.78 is 13.6. The first kappa shape index (κ1) is 13.5. The second-order valence-electron chi connectivity index (χ2n) is 4.30. The molecule has 0 bridgehead atoms. The number of nitrogens with one attached hydrogen (secondary N) is 1. The van der Waals surface area contributed by atoms with Gasteiger partial charge in [0.25, 0.3) is 0 Å². The van der Waals surface area contributed by atoms with Crippen molar-refractivity contribution in [2.24, 2.45) is 0 Å². The van der Waals surface area contributed by atoms with Gasteiger partial charge in [-0.25, -0.2) is 4.39 Å². The summed E-state index contributed by atoms with van der Waals surface area (Å²) in [6, 6.07) is 9.27. The molecule has 0 saturated carbocycles. The summed E-state index contributed by atoms with van der Waals surface area (Å²) in [5.74, 6) is -0.252. The number of benzene rings is 1. The smallest absolute Gasteiger partial charge is 0.129 e. The summed E-state index contributed by atoms with van der Waals surface area (Å²) >= 11 is 7.46. The summed E-state index contributed by atoms with van der Waals surface area (Å²) in [4.78, 5) is 1.34. The molecule has 0 aliphatic heterocycles. The Hall–Kier alpha value is -0.900. The fourth-order valence-corrected chi connectivity index (χ4v) is 2.75. The third kappa shape index (κ3) is 3.80. The minimum Gasteiger partial charge on any atom is -0.310 e. The number of rotatable bonds is 5. The predicted octanol–water partition coefficient (Wildman–Crippen LogP) is 4.26. The monoisotopic (exact) mass is 283 g/mol. The van der Waals surface area contributed by atoms with Crippen LogP contribution in [0.15, 0.2) is 35.7 Å². The SMILES string of the molecule is CC(Cc1cccs1)NCc1ccc(Cl)cc1F. The molecule has 1 atom stereocenters. The average Bonchev–Trinajstić information content (AvgIpc) is 2.80. The van der Waals surface area contributed by atoms with Crippen molar-refractivity contribution in [3.63, 3.8) is 0 Å². The number of halogens is 2. The molecular weight excluding hydrogens is 269 g/mol. The van der Waals surface area contributed by atoms with E-state index in [0.29, 0.717) is 23.2 Å². The van der Waals surface area contributed by atoms with Crippen LogP contribution >= 0.6 is 22.9 Å². The lowest BCUT2D eigenvalue weighted by Crippen LogP contribution is -2.27. The van der Waals surface area contributed by atoms with E-state index in [0.717, 1.165) is 6.42 Å². The van der Waals surface area contributed by atoms with E-state index >= 15 is 0 Å². The van der Waals surface area contributed by atoms with E-state index in [2.05, 4.69) is 23.7 Å². The van der Waals surface area contributed by atoms with Crippen LogP contribution in [0.3, 0.4) is 0 Å². The van der Waals surface area contributed by atoms with Crippen LogP contribution in [0.2, 0.25) is 5.02 Å². The summed E-state index contributed by atoms with van der Waals surface area (Å²) in [6.45, 7) is 2.63. The maximum atomic E-state index is 13.6. The largest absolute Gasteiger partial charge is 0.310 e. The quantitative estimate of drug-likeness (QED) is 0.864. The molecule has 96 valence electrons. The van der Waals surface area contributed by atoms with E-state index in [1.165, 1.54) is 10.9 Å². The molecule has 1 aromatic heterocycles. The molecule has 2 rings (SSSR count). The Morgan fingerprint density at radius 3 is 2.89 bits per heavy atom. The van der Waals surface area contributed by atoms with Crippen LogP contribution in [-0.2, 0) is 13.0 Å². The van der Waals surface area contributed by atoms with Crippen LogP contribution in [0.4, 0.5) is 4.39 Å². The molecule has 1 heterocycles. The Morgan fingerprint density at radius 1 is 1.39 bits per heavy atom. The van der Waals surface area contributed by atoms with Crippen LogP contribution < -0.4 is 5.32 Å². The van der Waals surface area contributed by atoms with Gasteiger partial charge < -0.3 is 5.32 Å². The lowest BCUT2D eigenvalue weighted by Gasteiger charge is -2.13. The van der Waals surface area contributed by atoms with Crippen molar-refractivity contribution in [1.29, 1.82) is 0 Å². The Bertz CT molecular complexity index is 499. The van der Waals surface area contributed by atoms with Gasteiger partial charge >= 0.3 is 0 Å². The lowest BCUT2D eigenvalue weighted by molar-refractivity contribution is 0.527.